The molecule has 0 aromatic heterocycles. The standard InChI is InChI=1S/C22H29N3O3/c1-5-14-6-8-15(9-7-14)22(10-11-22)24-19(27)17-12-16(26)13-25(17)20(28)18(23)21(2,3)4/h1,6-9,16-18,26H,10-13,23H2,2-4H3,(H,24,27)/t16-,17+,18-/m1/s1. The number of nitrogens with one attached hydrogen (secondary N) is 1. The molecule has 0 bridgehead atoms. The van der Waals surface area contributed by atoms with Gasteiger partial charge in [0, 0.05) is 18.5 Å². The molecule has 1 aromatic rings. The van der Waals surface area contributed by atoms with E-state index < -0.39 is 29.1 Å². The van der Waals surface area contributed by atoms with E-state index in [9.17, 15) is 14.7 Å². The van der Waals surface area contributed by atoms with Crippen molar-refractivity contribution in [2.45, 2.75) is 63.8 Å². The van der Waals surface area contributed by atoms with Crippen molar-refractivity contribution in [3.63, 3.8) is 0 Å². The molecule has 1 saturated carbocycles. The number of carbonyl (C=O) groups is 2. The molecule has 6 heteroatoms. The molecule has 0 unspecified atom stereocenters. The first kappa shape index (κ1) is 20.4. The fourth-order valence-electron chi connectivity index (χ4n) is 3.67. The van der Waals surface area contributed by atoms with Crippen molar-refractivity contribution >= 4 is 11.8 Å². The number of terminal acetylenes is 1. The summed E-state index contributed by atoms with van der Waals surface area (Å²) in [5, 5.41) is 13.2. The molecule has 1 aliphatic heterocycles. The Morgan fingerprint density at radius 2 is 1.93 bits per heavy atom. The number of aliphatic hydroxyl groups excluding tert-OH is 1. The molecule has 2 aliphatic rings. The zero-order valence-electron chi connectivity index (χ0n) is 16.7. The normalized spacial score (nSPS) is 24.4. The number of hydrogen-bond acceptors (Lipinski definition) is 4. The second-order valence-electron chi connectivity index (χ2n) is 9.03. The third-order valence-corrected chi connectivity index (χ3v) is 5.78. The molecule has 4 N–H and O–H groups in total. The summed E-state index contributed by atoms with van der Waals surface area (Å²) in [5.74, 6) is 2.04. The van der Waals surface area contributed by atoms with E-state index in [0.717, 1.165) is 24.0 Å². The third-order valence-electron chi connectivity index (χ3n) is 5.78. The molecule has 1 aromatic carbocycles. The first-order valence-electron chi connectivity index (χ1n) is 9.71. The summed E-state index contributed by atoms with van der Waals surface area (Å²) < 4.78 is 0. The van der Waals surface area contributed by atoms with Crippen LogP contribution < -0.4 is 11.1 Å². The highest BCUT2D eigenvalue weighted by atomic mass is 16.3. The maximum atomic E-state index is 13.0. The van der Waals surface area contributed by atoms with Crippen molar-refractivity contribution in [1.82, 2.24) is 10.2 Å². The molecule has 28 heavy (non-hydrogen) atoms. The maximum Gasteiger partial charge on any atom is 0.243 e. The van der Waals surface area contributed by atoms with Crippen LogP contribution in [0.15, 0.2) is 24.3 Å². The Hall–Kier alpha value is -2.36. The molecule has 1 saturated heterocycles. The number of amides is 2. The predicted octanol–water partition coefficient (Wildman–Crippen LogP) is 1.11. The van der Waals surface area contributed by atoms with Crippen LogP contribution in [0.2, 0.25) is 0 Å². The third kappa shape index (κ3) is 3.91. The van der Waals surface area contributed by atoms with E-state index in [1.54, 1.807) is 0 Å². The highest BCUT2D eigenvalue weighted by Gasteiger charge is 2.49. The van der Waals surface area contributed by atoms with Gasteiger partial charge in [0.25, 0.3) is 0 Å². The van der Waals surface area contributed by atoms with Crippen molar-refractivity contribution in [3.05, 3.63) is 35.4 Å². The second-order valence-corrected chi connectivity index (χ2v) is 9.03. The van der Waals surface area contributed by atoms with E-state index in [-0.39, 0.29) is 24.8 Å². The summed E-state index contributed by atoms with van der Waals surface area (Å²) in [6.07, 6.45) is 6.57. The number of rotatable bonds is 4. The number of nitrogens with two attached hydrogens (primary N) is 1. The van der Waals surface area contributed by atoms with E-state index in [2.05, 4.69) is 11.2 Å². The number of hydrogen-bond donors (Lipinski definition) is 3. The van der Waals surface area contributed by atoms with Crippen molar-refractivity contribution in [2.24, 2.45) is 11.1 Å². The lowest BCUT2D eigenvalue weighted by molar-refractivity contribution is -0.141. The van der Waals surface area contributed by atoms with Crippen molar-refractivity contribution in [1.29, 1.82) is 0 Å². The lowest BCUT2D eigenvalue weighted by atomic mass is 9.86. The van der Waals surface area contributed by atoms with Gasteiger partial charge in [0.05, 0.1) is 17.7 Å². The number of likely N-dealkylation sites (tertiary alicyclic amines) is 1. The lowest BCUT2D eigenvalue weighted by Gasteiger charge is -2.33. The average molecular weight is 383 g/mol. The van der Waals surface area contributed by atoms with Crippen LogP contribution in [0.3, 0.4) is 0 Å². The van der Waals surface area contributed by atoms with Gasteiger partial charge in [0.15, 0.2) is 0 Å². The van der Waals surface area contributed by atoms with Crippen LogP contribution in [-0.2, 0) is 15.1 Å². The van der Waals surface area contributed by atoms with Gasteiger partial charge in [0.1, 0.15) is 6.04 Å². The molecule has 2 amide bonds. The van der Waals surface area contributed by atoms with Gasteiger partial charge in [-0.1, -0.05) is 38.8 Å². The van der Waals surface area contributed by atoms with Gasteiger partial charge in [-0.2, -0.15) is 0 Å². The quantitative estimate of drug-likeness (QED) is 0.679. The Morgan fingerprint density at radius 3 is 2.43 bits per heavy atom. The SMILES string of the molecule is C#Cc1ccc(C2(NC(=O)[C@@H]3C[C@@H](O)CN3C(=O)[C@@H](N)C(C)(C)C)CC2)cc1. The Kier molecular flexibility index (Phi) is 5.26. The molecule has 6 nitrogen and oxygen atoms in total. The molecule has 150 valence electrons. The molecule has 1 heterocycles. The van der Waals surface area contributed by atoms with Crippen LogP contribution in [-0.4, -0.2) is 46.6 Å². The van der Waals surface area contributed by atoms with Gasteiger partial charge in [-0.15, -0.1) is 6.42 Å². The smallest absolute Gasteiger partial charge is 0.243 e. The number of β-amino-alcohol motifs (C(OH)–C–C–N with tert-alkyl or cyclic N) is 1. The number of benzene rings is 1. The molecule has 3 atom stereocenters. The van der Waals surface area contributed by atoms with Crippen molar-refractivity contribution in [3.8, 4) is 12.3 Å². The van der Waals surface area contributed by atoms with Crippen LogP contribution in [0.25, 0.3) is 0 Å². The van der Waals surface area contributed by atoms with Crippen molar-refractivity contribution in [2.75, 3.05) is 6.54 Å². The summed E-state index contributed by atoms with van der Waals surface area (Å²) in [6, 6.07) is 6.14. The van der Waals surface area contributed by atoms with E-state index in [4.69, 9.17) is 12.2 Å². The second kappa shape index (κ2) is 7.23. The largest absolute Gasteiger partial charge is 0.391 e. The first-order valence-corrected chi connectivity index (χ1v) is 9.71. The Balaban J connectivity index is 1.75. The Bertz CT molecular complexity index is 800. The molecule has 1 aliphatic carbocycles. The van der Waals surface area contributed by atoms with E-state index >= 15 is 0 Å². The fraction of sp³-hybridized carbons (Fsp3) is 0.545. The highest BCUT2D eigenvalue weighted by molar-refractivity contribution is 5.91. The molecule has 0 radical (unpaired) electrons. The van der Waals surface area contributed by atoms with Crippen LogP contribution in [0, 0.1) is 17.8 Å². The average Bonchev–Trinajstić information content (AvgIpc) is 3.32. The fourth-order valence-corrected chi connectivity index (χ4v) is 3.67. The van der Waals surface area contributed by atoms with Crippen LogP contribution in [0.4, 0.5) is 0 Å². The van der Waals surface area contributed by atoms with Crippen molar-refractivity contribution < 1.29 is 14.7 Å². The first-order chi connectivity index (χ1) is 13.1. The summed E-state index contributed by atoms with van der Waals surface area (Å²) >= 11 is 0. The molecular formula is C22H29N3O3. The summed E-state index contributed by atoms with van der Waals surface area (Å²) in [5.41, 5.74) is 7.06. The number of aliphatic hydroxyl groups is 1. The molecular weight excluding hydrogens is 354 g/mol. The van der Waals surface area contributed by atoms with Crippen LogP contribution in [0.5, 0.6) is 0 Å². The van der Waals surface area contributed by atoms with Gasteiger partial charge >= 0.3 is 0 Å². The van der Waals surface area contributed by atoms with Gasteiger partial charge in [0.2, 0.25) is 11.8 Å². The van der Waals surface area contributed by atoms with E-state index in [1.165, 1.54) is 4.90 Å². The Labute approximate surface area is 166 Å². The molecule has 2 fully saturated rings. The number of nitrogens with zero attached hydrogens (tertiary/aromatic N) is 1. The minimum Gasteiger partial charge on any atom is -0.391 e. The predicted molar refractivity (Wildman–Crippen MR) is 107 cm³/mol. The maximum absolute atomic E-state index is 13.0. The minimum absolute atomic E-state index is 0.130. The zero-order chi connectivity index (χ0) is 20.7. The minimum atomic E-state index is -0.737. The topological polar surface area (TPSA) is 95.7 Å². The van der Waals surface area contributed by atoms with Gasteiger partial charge in [-0.25, -0.2) is 0 Å². The monoisotopic (exact) mass is 383 g/mol. The summed E-state index contributed by atoms with van der Waals surface area (Å²) in [7, 11) is 0. The number of carbonyl (C=O) groups excluding carboxylic acids is 2. The van der Waals surface area contributed by atoms with E-state index in [1.807, 2.05) is 45.0 Å². The molecule has 3 rings (SSSR count). The summed E-state index contributed by atoms with van der Waals surface area (Å²) in [6.45, 7) is 5.78. The van der Waals surface area contributed by atoms with Crippen LogP contribution >= 0.6 is 0 Å². The van der Waals surface area contributed by atoms with Gasteiger partial charge < -0.3 is 21.1 Å². The van der Waals surface area contributed by atoms with E-state index in [0.29, 0.717) is 0 Å². The summed E-state index contributed by atoms with van der Waals surface area (Å²) in [4.78, 5) is 27.3. The zero-order valence-corrected chi connectivity index (χ0v) is 16.7. The van der Waals surface area contributed by atoms with Crippen LogP contribution in [0.1, 0.15) is 51.2 Å². The Morgan fingerprint density at radius 1 is 1.32 bits per heavy atom. The van der Waals surface area contributed by atoms with Gasteiger partial charge in [-0.3, -0.25) is 9.59 Å². The van der Waals surface area contributed by atoms with Gasteiger partial charge in [-0.05, 0) is 36.0 Å². The molecule has 0 spiro atoms. The lowest BCUT2D eigenvalue weighted by Crippen LogP contribution is -2.55. The highest BCUT2D eigenvalue weighted by Crippen LogP contribution is 2.45.